The number of phenolic OH excluding ortho intramolecular Hbond substituents is 1. The fourth-order valence-corrected chi connectivity index (χ4v) is 2.92. The van der Waals surface area contributed by atoms with E-state index in [0.717, 1.165) is 27.5 Å². The lowest BCUT2D eigenvalue weighted by atomic mass is 9.96. The molecule has 0 bridgehead atoms. The third kappa shape index (κ3) is 2.25. The van der Waals surface area contributed by atoms with Gasteiger partial charge in [0, 0.05) is 5.56 Å². The van der Waals surface area contributed by atoms with Crippen LogP contribution in [0.4, 0.5) is 0 Å². The van der Waals surface area contributed by atoms with Gasteiger partial charge in [0.05, 0.1) is 12.4 Å². The van der Waals surface area contributed by atoms with E-state index in [1.165, 1.54) is 4.80 Å². The molecule has 1 aromatic heterocycles. The molecule has 0 fully saturated rings. The largest absolute Gasteiger partial charge is 0.505 e. The van der Waals surface area contributed by atoms with Crippen LogP contribution in [-0.2, 0) is 0 Å². The maximum atomic E-state index is 10.8. The van der Waals surface area contributed by atoms with Crippen molar-refractivity contribution in [1.82, 2.24) is 15.0 Å². The van der Waals surface area contributed by atoms with Crippen LogP contribution in [0.1, 0.15) is 5.56 Å². The van der Waals surface area contributed by atoms with Gasteiger partial charge in [-0.25, -0.2) is 0 Å². The molecule has 3 aromatic carbocycles. The SMILES string of the molecule is Cc1cc(-c2cccc3ccccc23)c(O)c(-n2nccn2)c1. The smallest absolute Gasteiger partial charge is 0.150 e. The van der Waals surface area contributed by atoms with Crippen LogP contribution in [0.15, 0.2) is 67.0 Å². The molecular formula is C19H15N3O. The number of hydrogen-bond donors (Lipinski definition) is 1. The molecule has 112 valence electrons. The summed E-state index contributed by atoms with van der Waals surface area (Å²) >= 11 is 0. The van der Waals surface area contributed by atoms with E-state index in [-0.39, 0.29) is 5.75 Å². The summed E-state index contributed by atoms with van der Waals surface area (Å²) in [6.07, 6.45) is 3.19. The minimum absolute atomic E-state index is 0.183. The van der Waals surface area contributed by atoms with Crippen LogP contribution >= 0.6 is 0 Å². The molecule has 4 rings (SSSR count). The molecule has 0 saturated carbocycles. The summed E-state index contributed by atoms with van der Waals surface area (Å²) in [6.45, 7) is 2.00. The molecule has 1 N–H and O–H groups in total. The molecule has 0 unspecified atom stereocenters. The summed E-state index contributed by atoms with van der Waals surface area (Å²) in [5.41, 5.74) is 3.41. The van der Waals surface area contributed by atoms with Gasteiger partial charge in [0.25, 0.3) is 0 Å². The molecule has 23 heavy (non-hydrogen) atoms. The van der Waals surface area contributed by atoms with Crippen molar-refractivity contribution in [3.8, 4) is 22.6 Å². The van der Waals surface area contributed by atoms with Crippen LogP contribution in [-0.4, -0.2) is 20.1 Å². The zero-order chi connectivity index (χ0) is 15.8. The number of phenols is 1. The molecule has 1 heterocycles. The van der Waals surface area contributed by atoms with E-state index in [4.69, 9.17) is 0 Å². The summed E-state index contributed by atoms with van der Waals surface area (Å²) in [4.78, 5) is 1.44. The standard InChI is InChI=1S/C19H15N3O/c1-13-11-17(19(23)18(12-13)22-20-9-10-21-22)16-8-4-6-14-5-2-3-7-15(14)16/h2-12,23H,1H3. The molecule has 4 heteroatoms. The summed E-state index contributed by atoms with van der Waals surface area (Å²) in [6, 6.07) is 18.1. The molecule has 0 aliphatic heterocycles. The van der Waals surface area contributed by atoms with Crippen molar-refractivity contribution in [2.24, 2.45) is 0 Å². The van der Waals surface area contributed by atoms with E-state index in [1.54, 1.807) is 12.4 Å². The van der Waals surface area contributed by atoms with Gasteiger partial charge in [-0.1, -0.05) is 42.5 Å². The number of aromatic hydroxyl groups is 1. The number of aryl methyl sites for hydroxylation is 1. The minimum Gasteiger partial charge on any atom is -0.505 e. The van der Waals surface area contributed by atoms with Crippen LogP contribution < -0.4 is 0 Å². The van der Waals surface area contributed by atoms with Crippen molar-refractivity contribution in [2.45, 2.75) is 6.92 Å². The second-order valence-corrected chi connectivity index (χ2v) is 5.53. The first-order valence-corrected chi connectivity index (χ1v) is 7.42. The van der Waals surface area contributed by atoms with E-state index in [9.17, 15) is 5.11 Å². The van der Waals surface area contributed by atoms with Crippen molar-refractivity contribution in [1.29, 1.82) is 0 Å². The zero-order valence-electron chi connectivity index (χ0n) is 12.6. The molecule has 0 radical (unpaired) electrons. The molecule has 0 amide bonds. The maximum Gasteiger partial charge on any atom is 0.150 e. The Labute approximate surface area is 133 Å². The van der Waals surface area contributed by atoms with Crippen LogP contribution in [0.25, 0.3) is 27.6 Å². The Morgan fingerprint density at radius 1 is 0.870 bits per heavy atom. The fourth-order valence-electron chi connectivity index (χ4n) is 2.92. The highest BCUT2D eigenvalue weighted by Crippen LogP contribution is 2.38. The van der Waals surface area contributed by atoms with Gasteiger partial charge < -0.3 is 5.11 Å². The van der Waals surface area contributed by atoms with E-state index in [0.29, 0.717) is 5.69 Å². The van der Waals surface area contributed by atoms with Gasteiger partial charge >= 0.3 is 0 Å². The Bertz CT molecular complexity index is 986. The molecule has 4 aromatic rings. The predicted octanol–water partition coefficient (Wildman–Crippen LogP) is 4.10. The predicted molar refractivity (Wildman–Crippen MR) is 90.7 cm³/mol. The number of fused-ring (bicyclic) bond motifs is 1. The van der Waals surface area contributed by atoms with Gasteiger partial charge in [0.15, 0.2) is 5.75 Å². The third-order valence-corrected chi connectivity index (χ3v) is 3.95. The second-order valence-electron chi connectivity index (χ2n) is 5.53. The first-order chi connectivity index (χ1) is 11.2. The average Bonchev–Trinajstić information content (AvgIpc) is 3.10. The summed E-state index contributed by atoms with van der Waals surface area (Å²) in [5.74, 6) is 0.183. The van der Waals surface area contributed by atoms with Crippen molar-refractivity contribution in [3.63, 3.8) is 0 Å². The Balaban J connectivity index is 2.02. The lowest BCUT2D eigenvalue weighted by Gasteiger charge is -2.13. The lowest BCUT2D eigenvalue weighted by molar-refractivity contribution is 0.469. The van der Waals surface area contributed by atoms with Crippen molar-refractivity contribution in [2.75, 3.05) is 0 Å². The second kappa shape index (κ2) is 5.25. The fraction of sp³-hybridized carbons (Fsp3) is 0.0526. The van der Waals surface area contributed by atoms with Gasteiger partial charge in [-0.15, -0.1) is 4.80 Å². The monoisotopic (exact) mass is 301 g/mol. The van der Waals surface area contributed by atoms with Gasteiger partial charge in [-0.2, -0.15) is 10.2 Å². The molecule has 4 nitrogen and oxygen atoms in total. The first kappa shape index (κ1) is 13.5. The normalized spacial score (nSPS) is 11.0. The van der Waals surface area contributed by atoms with Crippen LogP contribution in [0.2, 0.25) is 0 Å². The Hall–Kier alpha value is -3.14. The highest BCUT2D eigenvalue weighted by molar-refractivity contribution is 5.98. The van der Waals surface area contributed by atoms with E-state index >= 15 is 0 Å². The third-order valence-electron chi connectivity index (χ3n) is 3.95. The van der Waals surface area contributed by atoms with E-state index in [2.05, 4.69) is 28.4 Å². The summed E-state index contributed by atoms with van der Waals surface area (Å²) in [7, 11) is 0. The highest BCUT2D eigenvalue weighted by Gasteiger charge is 2.15. The van der Waals surface area contributed by atoms with Gasteiger partial charge in [-0.3, -0.25) is 0 Å². The molecular weight excluding hydrogens is 286 g/mol. The maximum absolute atomic E-state index is 10.8. The van der Waals surface area contributed by atoms with Crippen molar-refractivity contribution < 1.29 is 5.11 Å². The van der Waals surface area contributed by atoms with Gasteiger partial charge in [0.2, 0.25) is 0 Å². The van der Waals surface area contributed by atoms with Crippen molar-refractivity contribution in [3.05, 3.63) is 72.6 Å². The van der Waals surface area contributed by atoms with Gasteiger partial charge in [-0.05, 0) is 41.0 Å². The molecule has 0 atom stereocenters. The molecule has 0 spiro atoms. The zero-order valence-corrected chi connectivity index (χ0v) is 12.6. The molecule has 0 aliphatic rings. The Kier molecular flexibility index (Phi) is 3.08. The van der Waals surface area contributed by atoms with Crippen LogP contribution in [0.3, 0.4) is 0 Å². The first-order valence-electron chi connectivity index (χ1n) is 7.42. The average molecular weight is 301 g/mol. The summed E-state index contributed by atoms with van der Waals surface area (Å²) in [5, 5.41) is 21.3. The quantitative estimate of drug-likeness (QED) is 0.606. The number of hydrogen-bond acceptors (Lipinski definition) is 3. The number of aromatic nitrogens is 3. The minimum atomic E-state index is 0.183. The number of rotatable bonds is 2. The molecule has 0 saturated heterocycles. The summed E-state index contributed by atoms with van der Waals surface area (Å²) < 4.78 is 0. The number of nitrogens with zero attached hydrogens (tertiary/aromatic N) is 3. The van der Waals surface area contributed by atoms with E-state index in [1.807, 2.05) is 43.3 Å². The molecule has 0 aliphatic carbocycles. The Morgan fingerprint density at radius 3 is 2.43 bits per heavy atom. The Morgan fingerprint density at radius 2 is 1.61 bits per heavy atom. The van der Waals surface area contributed by atoms with Gasteiger partial charge in [0.1, 0.15) is 5.69 Å². The van der Waals surface area contributed by atoms with Crippen molar-refractivity contribution >= 4 is 10.8 Å². The van der Waals surface area contributed by atoms with E-state index < -0.39 is 0 Å². The van der Waals surface area contributed by atoms with Crippen LogP contribution in [0, 0.1) is 6.92 Å². The van der Waals surface area contributed by atoms with Crippen LogP contribution in [0.5, 0.6) is 5.75 Å². The topological polar surface area (TPSA) is 50.9 Å². The number of benzene rings is 3. The highest BCUT2D eigenvalue weighted by atomic mass is 16.3. The lowest BCUT2D eigenvalue weighted by Crippen LogP contribution is -2.00.